The van der Waals surface area contributed by atoms with E-state index in [2.05, 4.69) is 32.7 Å². The number of halogens is 4. The van der Waals surface area contributed by atoms with E-state index >= 15 is 0 Å². The lowest BCUT2D eigenvalue weighted by Crippen LogP contribution is -2.47. The van der Waals surface area contributed by atoms with Crippen LogP contribution in [0.3, 0.4) is 0 Å². The van der Waals surface area contributed by atoms with E-state index in [-0.39, 0.29) is 30.0 Å². The highest BCUT2D eigenvalue weighted by atomic mass is 127. The van der Waals surface area contributed by atoms with E-state index in [0.29, 0.717) is 12.0 Å². The van der Waals surface area contributed by atoms with Gasteiger partial charge in [0.2, 0.25) is 0 Å². The molecule has 29 heavy (non-hydrogen) atoms. The molecule has 8 heteroatoms. The second-order valence-electron chi connectivity index (χ2n) is 7.68. The van der Waals surface area contributed by atoms with Crippen molar-refractivity contribution in [3.05, 3.63) is 47.5 Å². The van der Waals surface area contributed by atoms with Gasteiger partial charge < -0.3 is 10.6 Å². The summed E-state index contributed by atoms with van der Waals surface area (Å²) in [5.41, 5.74) is 0.337. The zero-order valence-corrected chi connectivity index (χ0v) is 19.2. The molecule has 2 atom stereocenters. The van der Waals surface area contributed by atoms with Crippen molar-refractivity contribution in [2.75, 3.05) is 27.2 Å². The van der Waals surface area contributed by atoms with Crippen LogP contribution in [0.1, 0.15) is 42.9 Å². The lowest BCUT2D eigenvalue weighted by atomic mass is 9.84. The van der Waals surface area contributed by atoms with Crippen molar-refractivity contribution in [3.63, 3.8) is 0 Å². The normalized spacial score (nSPS) is 23.7. The Kier molecular flexibility index (Phi) is 8.81. The van der Waals surface area contributed by atoms with E-state index in [4.69, 9.17) is 0 Å². The Bertz CT molecular complexity index is 695. The molecule has 0 bridgehead atoms. The van der Waals surface area contributed by atoms with Gasteiger partial charge in [-0.3, -0.25) is 9.89 Å². The number of piperidine rings is 1. The van der Waals surface area contributed by atoms with Crippen molar-refractivity contribution in [3.8, 4) is 0 Å². The number of nitrogens with zero attached hydrogens (tertiary/aromatic N) is 2. The fourth-order valence-corrected chi connectivity index (χ4v) is 4.22. The van der Waals surface area contributed by atoms with Crippen molar-refractivity contribution in [1.29, 1.82) is 0 Å². The highest BCUT2D eigenvalue weighted by Crippen LogP contribution is 2.36. The van der Waals surface area contributed by atoms with Gasteiger partial charge in [-0.1, -0.05) is 24.3 Å². The summed E-state index contributed by atoms with van der Waals surface area (Å²) in [6.45, 7) is 1.68. The molecule has 1 heterocycles. The minimum absolute atomic E-state index is 0. The molecule has 1 aliphatic carbocycles. The fraction of sp³-hybridized carbons (Fsp3) is 0.571. The summed E-state index contributed by atoms with van der Waals surface area (Å²) < 4.78 is 38.7. The Balaban J connectivity index is 0.00000300. The van der Waals surface area contributed by atoms with Crippen LogP contribution in [0.25, 0.3) is 0 Å². The number of hydrogen-bond acceptors (Lipinski definition) is 2. The molecule has 1 fully saturated rings. The van der Waals surface area contributed by atoms with Crippen LogP contribution < -0.4 is 10.6 Å². The van der Waals surface area contributed by atoms with Crippen LogP contribution in [0.4, 0.5) is 13.2 Å². The molecule has 0 saturated carbocycles. The second kappa shape index (κ2) is 10.7. The first kappa shape index (κ1) is 24.0. The third-order valence-electron chi connectivity index (χ3n) is 5.69. The molecule has 0 radical (unpaired) electrons. The quantitative estimate of drug-likeness (QED) is 0.263. The Morgan fingerprint density at radius 1 is 1.17 bits per heavy atom. The zero-order valence-electron chi connectivity index (χ0n) is 16.9. The van der Waals surface area contributed by atoms with Gasteiger partial charge >= 0.3 is 6.18 Å². The number of likely N-dealkylation sites (tertiary alicyclic amines) is 1. The Labute approximate surface area is 188 Å². The van der Waals surface area contributed by atoms with Crippen molar-refractivity contribution in [1.82, 2.24) is 15.5 Å². The summed E-state index contributed by atoms with van der Waals surface area (Å²) >= 11 is 0. The summed E-state index contributed by atoms with van der Waals surface area (Å²) in [4.78, 5) is 6.56. The molecule has 4 nitrogen and oxygen atoms in total. The van der Waals surface area contributed by atoms with E-state index < -0.39 is 11.7 Å². The summed E-state index contributed by atoms with van der Waals surface area (Å²) in [6, 6.07) is 6.10. The molecule has 1 aromatic rings. The first-order chi connectivity index (χ1) is 13.4. The number of alkyl halides is 3. The summed E-state index contributed by atoms with van der Waals surface area (Å²) in [6.07, 6.45) is 4.15. The molecule has 0 spiro atoms. The van der Waals surface area contributed by atoms with Gasteiger partial charge in [-0.25, -0.2) is 0 Å². The van der Waals surface area contributed by atoms with Crippen LogP contribution in [0.2, 0.25) is 0 Å². The maximum Gasteiger partial charge on any atom is 0.416 e. The second-order valence-corrected chi connectivity index (χ2v) is 7.68. The van der Waals surface area contributed by atoms with Gasteiger partial charge in [-0.15, -0.1) is 24.0 Å². The van der Waals surface area contributed by atoms with Crippen molar-refractivity contribution < 1.29 is 13.2 Å². The van der Waals surface area contributed by atoms with Crippen LogP contribution in [-0.4, -0.2) is 44.1 Å². The Morgan fingerprint density at radius 2 is 1.83 bits per heavy atom. The number of guanidine groups is 1. The molecule has 1 saturated heterocycles. The number of rotatable bonds is 4. The van der Waals surface area contributed by atoms with Crippen molar-refractivity contribution in [2.45, 2.75) is 43.9 Å². The van der Waals surface area contributed by atoms with Gasteiger partial charge in [0, 0.05) is 25.7 Å². The topological polar surface area (TPSA) is 39.7 Å². The molecular formula is C21H30F3IN4. The summed E-state index contributed by atoms with van der Waals surface area (Å²) in [7, 11) is 3.81. The molecule has 0 aromatic heterocycles. The molecule has 0 amide bonds. The molecular weight excluding hydrogens is 492 g/mol. The number of nitrogens with one attached hydrogen (secondary N) is 2. The average Bonchev–Trinajstić information content (AvgIpc) is 3.17. The largest absolute Gasteiger partial charge is 0.416 e. The van der Waals surface area contributed by atoms with Crippen molar-refractivity contribution in [2.24, 2.45) is 10.9 Å². The number of hydrogen-bond donors (Lipinski definition) is 2. The van der Waals surface area contributed by atoms with E-state index in [9.17, 15) is 13.2 Å². The molecule has 1 aliphatic heterocycles. The van der Waals surface area contributed by atoms with E-state index in [0.717, 1.165) is 50.3 Å². The van der Waals surface area contributed by atoms with E-state index in [1.807, 2.05) is 7.05 Å². The van der Waals surface area contributed by atoms with Gasteiger partial charge in [0.05, 0.1) is 5.56 Å². The van der Waals surface area contributed by atoms with E-state index in [1.54, 1.807) is 19.2 Å². The fourth-order valence-electron chi connectivity index (χ4n) is 4.22. The standard InChI is InChI=1S/C21H29F3N4.HI/c1-25-20(27-18-7-3-4-8-18)26-14-16-6-5-13-28(2)19(16)15-9-11-17(12-10-15)21(22,23)24;/h3-4,9-12,16,18-19H,5-8,13-14H2,1-2H3,(H2,25,26,27);1H. The average molecular weight is 522 g/mol. The van der Waals surface area contributed by atoms with Gasteiger partial charge in [0.1, 0.15) is 0 Å². The molecule has 2 aliphatic rings. The third-order valence-corrected chi connectivity index (χ3v) is 5.69. The van der Waals surface area contributed by atoms with Crippen LogP contribution in [-0.2, 0) is 6.18 Å². The van der Waals surface area contributed by atoms with Gasteiger partial charge in [-0.05, 0) is 62.9 Å². The minimum atomic E-state index is -4.30. The van der Waals surface area contributed by atoms with Crippen LogP contribution in [0, 0.1) is 5.92 Å². The molecule has 2 N–H and O–H groups in total. The first-order valence-corrected chi connectivity index (χ1v) is 9.88. The first-order valence-electron chi connectivity index (χ1n) is 9.88. The van der Waals surface area contributed by atoms with Gasteiger partial charge in [-0.2, -0.15) is 13.2 Å². The number of aliphatic imine (C=N–C) groups is 1. The molecule has 3 rings (SSSR count). The highest BCUT2D eigenvalue weighted by molar-refractivity contribution is 14.0. The Morgan fingerprint density at radius 3 is 2.41 bits per heavy atom. The lowest BCUT2D eigenvalue weighted by molar-refractivity contribution is -0.137. The van der Waals surface area contributed by atoms with Gasteiger partial charge in [0.25, 0.3) is 0 Å². The molecule has 1 aromatic carbocycles. The number of benzene rings is 1. The smallest absolute Gasteiger partial charge is 0.356 e. The van der Waals surface area contributed by atoms with Gasteiger partial charge in [0.15, 0.2) is 5.96 Å². The molecule has 2 unspecified atom stereocenters. The van der Waals surface area contributed by atoms with Crippen molar-refractivity contribution >= 4 is 29.9 Å². The Hall–Kier alpha value is -1.29. The summed E-state index contributed by atoms with van der Waals surface area (Å²) in [5, 5.41) is 6.86. The SMILES string of the molecule is CN=C(NCC1CCCN(C)C1c1ccc(C(F)(F)F)cc1)NC1CC=CC1.I. The minimum Gasteiger partial charge on any atom is -0.356 e. The monoisotopic (exact) mass is 522 g/mol. The maximum absolute atomic E-state index is 12.9. The maximum atomic E-state index is 12.9. The third kappa shape index (κ3) is 6.34. The predicted octanol–water partition coefficient (Wildman–Crippen LogP) is 4.59. The van der Waals surface area contributed by atoms with Crippen LogP contribution in [0.15, 0.2) is 41.4 Å². The van der Waals surface area contributed by atoms with Crippen LogP contribution >= 0.6 is 24.0 Å². The lowest BCUT2D eigenvalue weighted by Gasteiger charge is -2.40. The zero-order chi connectivity index (χ0) is 20.1. The highest BCUT2D eigenvalue weighted by Gasteiger charge is 2.33. The van der Waals surface area contributed by atoms with Crippen LogP contribution in [0.5, 0.6) is 0 Å². The van der Waals surface area contributed by atoms with E-state index in [1.165, 1.54) is 12.1 Å². The predicted molar refractivity (Wildman–Crippen MR) is 122 cm³/mol. The summed E-state index contributed by atoms with van der Waals surface area (Å²) in [5.74, 6) is 1.09. The molecule has 162 valence electrons.